The van der Waals surface area contributed by atoms with Crippen molar-refractivity contribution >= 4 is 5.97 Å². The second-order valence-electron chi connectivity index (χ2n) is 9.84. The van der Waals surface area contributed by atoms with Gasteiger partial charge in [0.2, 0.25) is 0 Å². The maximum Gasteiger partial charge on any atom is 0.313 e. The minimum atomic E-state index is -0.528. The van der Waals surface area contributed by atoms with Crippen LogP contribution in [0.5, 0.6) is 0 Å². The summed E-state index contributed by atoms with van der Waals surface area (Å²) in [5.74, 6) is -0.122. The number of likely N-dealkylation sites (tertiary alicyclic amines) is 1. The molecule has 2 aliphatic rings. The van der Waals surface area contributed by atoms with Gasteiger partial charge in [0.1, 0.15) is 5.60 Å². The topological polar surface area (TPSA) is 42.0 Å². The van der Waals surface area contributed by atoms with E-state index in [-0.39, 0.29) is 5.97 Å². The molecule has 0 saturated carbocycles. The van der Waals surface area contributed by atoms with Gasteiger partial charge in [-0.25, -0.2) is 0 Å². The van der Waals surface area contributed by atoms with Crippen molar-refractivity contribution in [3.8, 4) is 0 Å². The number of fused-ring (bicyclic) bond motifs is 1. The molecule has 0 spiro atoms. The third-order valence-electron chi connectivity index (χ3n) is 5.58. The highest BCUT2D eigenvalue weighted by atomic mass is 16.6. The lowest BCUT2D eigenvalue weighted by molar-refractivity contribution is -0.168. The number of rotatable bonds is 5. The van der Waals surface area contributed by atoms with E-state index in [1.54, 1.807) is 0 Å². The summed E-state index contributed by atoms with van der Waals surface area (Å²) in [5, 5.41) is 0. The van der Waals surface area contributed by atoms with Gasteiger partial charge in [0.25, 0.3) is 0 Å². The molecule has 2 atom stereocenters. The lowest BCUT2D eigenvalue weighted by atomic mass is 9.90. The fourth-order valence-corrected chi connectivity index (χ4v) is 4.21. The van der Waals surface area contributed by atoms with Gasteiger partial charge in [0.15, 0.2) is 0 Å². The number of ether oxygens (including phenoxy) is 2. The summed E-state index contributed by atoms with van der Waals surface area (Å²) in [6.45, 7) is 15.1. The number of nitrogens with zero attached hydrogens (tertiary/aromatic N) is 2. The first kappa shape index (κ1) is 21.3. The van der Waals surface area contributed by atoms with E-state index in [4.69, 9.17) is 9.47 Å². The van der Waals surface area contributed by atoms with Crippen LogP contribution in [0.3, 0.4) is 0 Å². The first-order valence-electron chi connectivity index (χ1n) is 10.5. The summed E-state index contributed by atoms with van der Waals surface area (Å²) >= 11 is 0. The zero-order valence-electron chi connectivity index (χ0n) is 18.1. The fraction of sp³-hybridized carbons (Fsp3) is 0.696. The number of carbonyl (C=O) groups excluding carboxylic acids is 1. The molecule has 0 radical (unpaired) electrons. The molecule has 2 saturated heterocycles. The van der Waals surface area contributed by atoms with Crippen LogP contribution in [-0.2, 0) is 20.8 Å². The summed E-state index contributed by atoms with van der Waals surface area (Å²) in [7, 11) is 0. The van der Waals surface area contributed by atoms with Gasteiger partial charge < -0.3 is 14.4 Å². The van der Waals surface area contributed by atoms with Gasteiger partial charge in [-0.1, -0.05) is 30.3 Å². The van der Waals surface area contributed by atoms with Gasteiger partial charge in [0.05, 0.1) is 18.1 Å². The largest absolute Gasteiger partial charge is 0.460 e. The average molecular weight is 389 g/mol. The van der Waals surface area contributed by atoms with Crippen LogP contribution in [0.15, 0.2) is 30.3 Å². The van der Waals surface area contributed by atoms with Crippen LogP contribution in [0.4, 0.5) is 0 Å². The Balaban J connectivity index is 1.63. The normalized spacial score (nSPS) is 24.6. The quantitative estimate of drug-likeness (QED) is 0.724. The van der Waals surface area contributed by atoms with Gasteiger partial charge in [-0.2, -0.15) is 0 Å². The van der Waals surface area contributed by atoms with Gasteiger partial charge in [-0.3, -0.25) is 9.69 Å². The Morgan fingerprint density at radius 1 is 1.14 bits per heavy atom. The molecular formula is C23H36N2O3. The van der Waals surface area contributed by atoms with Gasteiger partial charge in [-0.15, -0.1) is 0 Å². The third-order valence-corrected chi connectivity index (χ3v) is 5.58. The lowest BCUT2D eigenvalue weighted by Gasteiger charge is -2.48. The van der Waals surface area contributed by atoms with Crippen LogP contribution in [0.25, 0.3) is 0 Å². The van der Waals surface area contributed by atoms with Crippen LogP contribution in [-0.4, -0.2) is 66.3 Å². The molecule has 0 aromatic heterocycles. The highest BCUT2D eigenvalue weighted by molar-refractivity contribution is 5.76. The summed E-state index contributed by atoms with van der Waals surface area (Å²) < 4.78 is 11.7. The molecule has 1 aromatic carbocycles. The zero-order valence-corrected chi connectivity index (χ0v) is 18.1. The molecule has 0 bridgehead atoms. The van der Waals surface area contributed by atoms with Crippen molar-refractivity contribution in [3.63, 3.8) is 0 Å². The molecule has 0 aliphatic carbocycles. The van der Waals surface area contributed by atoms with Crippen LogP contribution < -0.4 is 0 Å². The highest BCUT2D eigenvalue weighted by Gasteiger charge is 2.40. The second-order valence-corrected chi connectivity index (χ2v) is 9.84. The Kier molecular flexibility index (Phi) is 6.47. The monoisotopic (exact) mass is 388 g/mol. The summed E-state index contributed by atoms with van der Waals surface area (Å²) in [4.78, 5) is 17.6. The number of esters is 1. The number of hydrogen-bond donors (Lipinski definition) is 0. The number of morpholine rings is 1. The number of hydrogen-bond acceptors (Lipinski definition) is 5. The Bertz CT molecular complexity index is 654. The van der Waals surface area contributed by atoms with Crippen LogP contribution in [0, 0.1) is 5.41 Å². The Hall–Kier alpha value is -1.43. The minimum absolute atomic E-state index is 0.122. The molecule has 2 heterocycles. The van der Waals surface area contributed by atoms with E-state index in [1.807, 2.05) is 34.6 Å². The van der Waals surface area contributed by atoms with Crippen LogP contribution >= 0.6 is 0 Å². The molecule has 0 N–H and O–H groups in total. The van der Waals surface area contributed by atoms with Crippen molar-refractivity contribution < 1.29 is 14.3 Å². The van der Waals surface area contributed by atoms with Crippen molar-refractivity contribution in [2.45, 2.75) is 65.3 Å². The van der Waals surface area contributed by atoms with E-state index in [2.05, 4.69) is 40.1 Å². The number of carbonyl (C=O) groups is 1. The Morgan fingerprint density at radius 2 is 1.86 bits per heavy atom. The maximum absolute atomic E-state index is 12.7. The first-order chi connectivity index (χ1) is 13.1. The number of benzene rings is 1. The minimum Gasteiger partial charge on any atom is -0.460 e. The molecule has 5 heteroatoms. The van der Waals surface area contributed by atoms with Crippen LogP contribution in [0.1, 0.15) is 46.6 Å². The predicted molar refractivity (Wildman–Crippen MR) is 111 cm³/mol. The Labute approximate surface area is 170 Å². The number of piperidine rings is 1. The van der Waals surface area contributed by atoms with Crippen molar-refractivity contribution in [1.82, 2.24) is 9.80 Å². The van der Waals surface area contributed by atoms with E-state index in [0.29, 0.717) is 18.7 Å². The molecule has 5 nitrogen and oxygen atoms in total. The van der Waals surface area contributed by atoms with Crippen molar-refractivity contribution in [3.05, 3.63) is 35.9 Å². The lowest BCUT2D eigenvalue weighted by Crippen LogP contribution is -2.60. The molecule has 156 valence electrons. The van der Waals surface area contributed by atoms with Gasteiger partial charge in [0, 0.05) is 38.8 Å². The van der Waals surface area contributed by atoms with Crippen molar-refractivity contribution in [2.24, 2.45) is 5.41 Å². The zero-order chi connectivity index (χ0) is 20.4. The Morgan fingerprint density at radius 3 is 2.54 bits per heavy atom. The van der Waals surface area contributed by atoms with E-state index in [1.165, 1.54) is 5.56 Å². The summed E-state index contributed by atoms with van der Waals surface area (Å²) in [6.07, 6.45) is 1.30. The van der Waals surface area contributed by atoms with Crippen LogP contribution in [0.2, 0.25) is 0 Å². The standard InChI is InChI=1S/C23H36N2O3/c1-22(2,3)28-21(26)23(4,5)17-24-12-11-20-19(16-24)25(13-14-27-20)15-18-9-7-6-8-10-18/h6-10,19-20H,11-17H2,1-5H3. The molecule has 2 fully saturated rings. The molecular weight excluding hydrogens is 352 g/mol. The van der Waals surface area contributed by atoms with Gasteiger partial charge in [-0.05, 0) is 46.6 Å². The predicted octanol–water partition coefficient (Wildman–Crippen LogP) is 3.33. The smallest absolute Gasteiger partial charge is 0.313 e. The van der Waals surface area contributed by atoms with Crippen molar-refractivity contribution in [1.29, 1.82) is 0 Å². The molecule has 2 aliphatic heterocycles. The molecule has 2 unspecified atom stereocenters. The van der Waals surface area contributed by atoms with E-state index < -0.39 is 11.0 Å². The molecule has 3 rings (SSSR count). The summed E-state index contributed by atoms with van der Waals surface area (Å²) in [6, 6.07) is 11.0. The maximum atomic E-state index is 12.7. The van der Waals surface area contributed by atoms with E-state index >= 15 is 0 Å². The fourth-order valence-electron chi connectivity index (χ4n) is 4.21. The van der Waals surface area contributed by atoms with Crippen molar-refractivity contribution in [2.75, 3.05) is 32.8 Å². The molecule has 1 aromatic rings. The highest BCUT2D eigenvalue weighted by Crippen LogP contribution is 2.28. The third kappa shape index (κ3) is 5.56. The van der Waals surface area contributed by atoms with E-state index in [9.17, 15) is 4.79 Å². The summed E-state index contributed by atoms with van der Waals surface area (Å²) in [5.41, 5.74) is 0.361. The molecule has 0 amide bonds. The molecule has 28 heavy (non-hydrogen) atoms. The average Bonchev–Trinajstić information content (AvgIpc) is 2.61. The first-order valence-corrected chi connectivity index (χ1v) is 10.5. The second kappa shape index (κ2) is 8.52. The van der Waals surface area contributed by atoms with Gasteiger partial charge >= 0.3 is 5.97 Å². The van der Waals surface area contributed by atoms with E-state index in [0.717, 1.165) is 39.2 Å². The SMILES string of the molecule is CC(C)(C)OC(=O)C(C)(C)CN1CCC2OCCN(Cc3ccccc3)C2C1.